The molecule has 0 radical (unpaired) electrons. The number of carbonyl (C=O) groups excluding carboxylic acids is 1. The van der Waals surface area contributed by atoms with Crippen molar-refractivity contribution in [2.75, 3.05) is 33.9 Å². The maximum Gasteiger partial charge on any atom is 0.222 e. The van der Waals surface area contributed by atoms with Gasteiger partial charge in [0.25, 0.3) is 0 Å². The van der Waals surface area contributed by atoms with Crippen molar-refractivity contribution in [2.24, 2.45) is 0 Å². The average molecular weight is 327 g/mol. The third-order valence-corrected chi connectivity index (χ3v) is 4.17. The van der Waals surface area contributed by atoms with Crippen molar-refractivity contribution in [3.8, 4) is 11.5 Å². The van der Waals surface area contributed by atoms with E-state index in [1.165, 1.54) is 0 Å². The van der Waals surface area contributed by atoms with Crippen LogP contribution < -0.4 is 14.8 Å². The van der Waals surface area contributed by atoms with Crippen LogP contribution in [0.15, 0.2) is 12.1 Å². The maximum atomic E-state index is 11.5. The molecule has 1 saturated heterocycles. The molecule has 22 heavy (non-hydrogen) atoms. The SMILES string of the molecule is COc1cc(Cl)c(CNCCCN2CCCC2=O)cc1OC. The largest absolute Gasteiger partial charge is 0.493 e. The molecular weight excluding hydrogens is 304 g/mol. The van der Waals surface area contributed by atoms with Gasteiger partial charge >= 0.3 is 0 Å². The monoisotopic (exact) mass is 326 g/mol. The lowest BCUT2D eigenvalue weighted by Gasteiger charge is -2.16. The highest BCUT2D eigenvalue weighted by molar-refractivity contribution is 6.31. The van der Waals surface area contributed by atoms with Crippen molar-refractivity contribution in [1.82, 2.24) is 10.2 Å². The van der Waals surface area contributed by atoms with Crippen LogP contribution in [-0.2, 0) is 11.3 Å². The second-order valence-corrected chi connectivity index (χ2v) is 5.72. The number of likely N-dealkylation sites (tertiary alicyclic amines) is 1. The van der Waals surface area contributed by atoms with Crippen molar-refractivity contribution >= 4 is 17.5 Å². The minimum Gasteiger partial charge on any atom is -0.493 e. The van der Waals surface area contributed by atoms with Gasteiger partial charge in [-0.1, -0.05) is 11.6 Å². The normalized spacial score (nSPS) is 14.5. The molecule has 1 N–H and O–H groups in total. The molecule has 1 aromatic rings. The van der Waals surface area contributed by atoms with E-state index in [0.29, 0.717) is 29.5 Å². The third kappa shape index (κ3) is 4.27. The van der Waals surface area contributed by atoms with Gasteiger partial charge in [0.2, 0.25) is 5.91 Å². The highest BCUT2D eigenvalue weighted by Crippen LogP contribution is 2.32. The van der Waals surface area contributed by atoms with Gasteiger partial charge in [0, 0.05) is 37.1 Å². The fourth-order valence-corrected chi connectivity index (χ4v) is 2.81. The Labute approximate surface area is 136 Å². The van der Waals surface area contributed by atoms with Gasteiger partial charge in [0.15, 0.2) is 11.5 Å². The van der Waals surface area contributed by atoms with E-state index in [-0.39, 0.29) is 5.91 Å². The Morgan fingerprint density at radius 1 is 1.27 bits per heavy atom. The molecule has 1 amide bonds. The van der Waals surface area contributed by atoms with Crippen molar-refractivity contribution in [2.45, 2.75) is 25.8 Å². The Morgan fingerprint density at radius 2 is 2.00 bits per heavy atom. The summed E-state index contributed by atoms with van der Waals surface area (Å²) in [5, 5.41) is 4.00. The van der Waals surface area contributed by atoms with Crippen molar-refractivity contribution in [1.29, 1.82) is 0 Å². The number of hydrogen-bond acceptors (Lipinski definition) is 4. The summed E-state index contributed by atoms with van der Waals surface area (Å²) in [6.45, 7) is 3.23. The molecule has 1 heterocycles. The minimum absolute atomic E-state index is 0.280. The standard InChI is InChI=1S/C16H23ClN2O3/c1-21-14-9-12(13(17)10-15(14)22-2)11-18-6-4-8-19-7-3-5-16(19)20/h9-10,18H,3-8,11H2,1-2H3. The van der Waals surface area contributed by atoms with E-state index >= 15 is 0 Å². The van der Waals surface area contributed by atoms with Crippen LogP contribution in [0, 0.1) is 0 Å². The van der Waals surface area contributed by atoms with Gasteiger partial charge in [-0.3, -0.25) is 4.79 Å². The molecule has 0 spiro atoms. The Morgan fingerprint density at radius 3 is 2.64 bits per heavy atom. The molecule has 1 aliphatic rings. The first kappa shape index (κ1) is 16.9. The lowest BCUT2D eigenvalue weighted by Crippen LogP contribution is -2.28. The zero-order valence-corrected chi connectivity index (χ0v) is 13.9. The van der Waals surface area contributed by atoms with E-state index in [9.17, 15) is 4.79 Å². The Balaban J connectivity index is 1.78. The first-order valence-electron chi connectivity index (χ1n) is 7.54. The van der Waals surface area contributed by atoms with Crippen LogP contribution in [0.3, 0.4) is 0 Å². The Hall–Kier alpha value is -1.46. The van der Waals surface area contributed by atoms with E-state index in [2.05, 4.69) is 5.32 Å². The number of methoxy groups -OCH3 is 2. The fraction of sp³-hybridized carbons (Fsp3) is 0.562. The number of hydrogen-bond donors (Lipinski definition) is 1. The van der Waals surface area contributed by atoms with Crippen LogP contribution in [0.4, 0.5) is 0 Å². The number of nitrogens with one attached hydrogen (secondary N) is 1. The van der Waals surface area contributed by atoms with Crippen LogP contribution in [0.25, 0.3) is 0 Å². The van der Waals surface area contributed by atoms with E-state index in [1.54, 1.807) is 20.3 Å². The highest BCUT2D eigenvalue weighted by Gasteiger charge is 2.18. The molecule has 0 saturated carbocycles. The van der Waals surface area contributed by atoms with Crippen molar-refractivity contribution in [3.05, 3.63) is 22.7 Å². The van der Waals surface area contributed by atoms with Gasteiger partial charge < -0.3 is 19.7 Å². The predicted molar refractivity (Wildman–Crippen MR) is 86.7 cm³/mol. The number of halogens is 1. The summed E-state index contributed by atoms with van der Waals surface area (Å²) in [5.41, 5.74) is 0.969. The number of amides is 1. The number of ether oxygens (including phenoxy) is 2. The van der Waals surface area contributed by atoms with Crippen LogP contribution >= 0.6 is 11.6 Å². The van der Waals surface area contributed by atoms with Crippen LogP contribution in [-0.4, -0.2) is 44.7 Å². The third-order valence-electron chi connectivity index (χ3n) is 3.82. The van der Waals surface area contributed by atoms with Gasteiger partial charge in [0.1, 0.15) is 0 Å². The minimum atomic E-state index is 0.280. The lowest BCUT2D eigenvalue weighted by atomic mass is 10.2. The van der Waals surface area contributed by atoms with E-state index in [4.69, 9.17) is 21.1 Å². The fourth-order valence-electron chi connectivity index (χ4n) is 2.59. The summed E-state index contributed by atoms with van der Waals surface area (Å²) in [7, 11) is 3.20. The highest BCUT2D eigenvalue weighted by atomic mass is 35.5. The second-order valence-electron chi connectivity index (χ2n) is 5.31. The molecule has 122 valence electrons. The molecule has 1 aliphatic heterocycles. The Kier molecular flexibility index (Phi) is 6.34. The van der Waals surface area contributed by atoms with Crippen LogP contribution in [0.2, 0.25) is 5.02 Å². The van der Waals surface area contributed by atoms with Gasteiger partial charge in [-0.15, -0.1) is 0 Å². The molecule has 1 fully saturated rings. The van der Waals surface area contributed by atoms with Gasteiger partial charge in [-0.2, -0.15) is 0 Å². The second kappa shape index (κ2) is 8.25. The zero-order valence-electron chi connectivity index (χ0n) is 13.2. The van der Waals surface area contributed by atoms with Gasteiger partial charge in [-0.05, 0) is 31.0 Å². The molecule has 1 aromatic carbocycles. The first-order valence-corrected chi connectivity index (χ1v) is 7.92. The quantitative estimate of drug-likeness (QED) is 0.746. The zero-order chi connectivity index (χ0) is 15.9. The first-order chi connectivity index (χ1) is 10.7. The molecule has 0 aromatic heterocycles. The summed E-state index contributed by atoms with van der Waals surface area (Å²) in [4.78, 5) is 13.4. The van der Waals surface area contributed by atoms with Crippen LogP contribution in [0.5, 0.6) is 11.5 Å². The summed E-state index contributed by atoms with van der Waals surface area (Å²) < 4.78 is 10.5. The smallest absolute Gasteiger partial charge is 0.222 e. The van der Waals surface area contributed by atoms with Gasteiger partial charge in [0.05, 0.1) is 14.2 Å². The summed E-state index contributed by atoms with van der Waals surface area (Å²) in [6.07, 6.45) is 2.64. The predicted octanol–water partition coefficient (Wildman–Crippen LogP) is 2.46. The number of benzene rings is 1. The number of nitrogens with zero attached hydrogens (tertiary/aromatic N) is 1. The lowest BCUT2D eigenvalue weighted by molar-refractivity contribution is -0.127. The maximum absolute atomic E-state index is 11.5. The average Bonchev–Trinajstić information content (AvgIpc) is 2.93. The summed E-state index contributed by atoms with van der Waals surface area (Å²) in [5.74, 6) is 1.58. The topological polar surface area (TPSA) is 50.8 Å². The summed E-state index contributed by atoms with van der Waals surface area (Å²) in [6, 6.07) is 3.65. The molecule has 0 atom stereocenters. The van der Waals surface area contributed by atoms with Crippen LogP contribution in [0.1, 0.15) is 24.8 Å². The van der Waals surface area contributed by atoms with E-state index in [0.717, 1.165) is 38.0 Å². The molecule has 0 aliphatic carbocycles. The Bertz CT molecular complexity index is 522. The van der Waals surface area contributed by atoms with Crippen molar-refractivity contribution in [3.63, 3.8) is 0 Å². The van der Waals surface area contributed by atoms with E-state index in [1.807, 2.05) is 11.0 Å². The summed E-state index contributed by atoms with van der Waals surface area (Å²) >= 11 is 6.24. The van der Waals surface area contributed by atoms with Gasteiger partial charge in [-0.25, -0.2) is 0 Å². The number of rotatable bonds is 8. The molecule has 5 nitrogen and oxygen atoms in total. The molecule has 0 bridgehead atoms. The van der Waals surface area contributed by atoms with Crippen molar-refractivity contribution < 1.29 is 14.3 Å². The molecular formula is C16H23ClN2O3. The van der Waals surface area contributed by atoms with E-state index < -0.39 is 0 Å². The molecule has 6 heteroatoms. The number of carbonyl (C=O) groups is 1. The molecule has 2 rings (SSSR count). The molecule has 0 unspecified atom stereocenters.